The maximum Gasteiger partial charge on any atom is 0.311 e. The standard InChI is InChI=1S/C26H25N3O5/c1-4-16(3)18-8-12-23-21(14-18)28-26(34-23)17-6-10-20(11-7-17)27-25(30)19-9-13-24(33-5-2)22(15-19)29(31)32/h6-16H,4-5H2,1-3H3,(H,27,30)/t16-/m1/s1. The molecule has 1 aromatic heterocycles. The molecule has 4 aromatic rings. The average molecular weight is 460 g/mol. The number of amides is 1. The van der Waals surface area contributed by atoms with Gasteiger partial charge in [-0.1, -0.05) is 19.9 Å². The van der Waals surface area contributed by atoms with Gasteiger partial charge in [0.05, 0.1) is 11.5 Å². The largest absolute Gasteiger partial charge is 0.487 e. The van der Waals surface area contributed by atoms with Gasteiger partial charge in [0.1, 0.15) is 5.52 Å². The van der Waals surface area contributed by atoms with E-state index >= 15 is 0 Å². The van der Waals surface area contributed by atoms with E-state index in [9.17, 15) is 14.9 Å². The van der Waals surface area contributed by atoms with E-state index in [4.69, 9.17) is 9.15 Å². The molecule has 0 aliphatic rings. The quantitative estimate of drug-likeness (QED) is 0.236. The molecule has 0 aliphatic heterocycles. The molecule has 3 aromatic carbocycles. The lowest BCUT2D eigenvalue weighted by Gasteiger charge is -2.08. The third-order valence-corrected chi connectivity index (χ3v) is 5.70. The summed E-state index contributed by atoms with van der Waals surface area (Å²) in [5.41, 5.74) is 3.98. The fourth-order valence-corrected chi connectivity index (χ4v) is 3.59. The zero-order valence-electron chi connectivity index (χ0n) is 19.2. The number of carbonyl (C=O) groups is 1. The highest BCUT2D eigenvalue weighted by atomic mass is 16.6. The molecule has 0 saturated carbocycles. The summed E-state index contributed by atoms with van der Waals surface area (Å²) in [6.45, 7) is 6.36. The fraction of sp³-hybridized carbons (Fsp3) is 0.231. The van der Waals surface area contributed by atoms with Gasteiger partial charge in [-0.05, 0) is 73.4 Å². The summed E-state index contributed by atoms with van der Waals surface area (Å²) in [6.07, 6.45) is 1.05. The molecule has 1 N–H and O–H groups in total. The highest BCUT2D eigenvalue weighted by Crippen LogP contribution is 2.30. The van der Waals surface area contributed by atoms with Gasteiger partial charge in [0.25, 0.3) is 5.91 Å². The Morgan fingerprint density at radius 3 is 2.56 bits per heavy atom. The van der Waals surface area contributed by atoms with E-state index in [1.165, 1.54) is 23.8 Å². The van der Waals surface area contributed by atoms with Crippen LogP contribution in [-0.4, -0.2) is 22.4 Å². The summed E-state index contributed by atoms with van der Waals surface area (Å²) in [5.74, 6) is 0.613. The SMILES string of the molecule is CCOc1ccc(C(=O)Nc2ccc(-c3nc4cc([C@H](C)CC)ccc4o3)cc2)cc1[N+](=O)[O-]. The number of benzene rings is 3. The van der Waals surface area contributed by atoms with Crippen molar-refractivity contribution >= 4 is 28.4 Å². The van der Waals surface area contributed by atoms with Crippen molar-refractivity contribution in [3.05, 3.63) is 81.9 Å². The van der Waals surface area contributed by atoms with Crippen molar-refractivity contribution in [3.63, 3.8) is 0 Å². The Morgan fingerprint density at radius 2 is 1.88 bits per heavy atom. The van der Waals surface area contributed by atoms with Gasteiger partial charge in [0.2, 0.25) is 5.89 Å². The number of ether oxygens (including phenoxy) is 1. The highest BCUT2D eigenvalue weighted by molar-refractivity contribution is 6.05. The second-order valence-electron chi connectivity index (χ2n) is 7.96. The molecule has 34 heavy (non-hydrogen) atoms. The number of fused-ring (bicyclic) bond motifs is 1. The van der Waals surface area contributed by atoms with Crippen molar-refractivity contribution in [1.29, 1.82) is 0 Å². The van der Waals surface area contributed by atoms with E-state index in [-0.39, 0.29) is 23.6 Å². The molecule has 0 spiro atoms. The predicted octanol–water partition coefficient (Wildman–Crippen LogP) is 6.57. The lowest BCUT2D eigenvalue weighted by Crippen LogP contribution is -2.12. The van der Waals surface area contributed by atoms with Crippen LogP contribution in [0.1, 0.15) is 49.0 Å². The lowest BCUT2D eigenvalue weighted by molar-refractivity contribution is -0.385. The Balaban J connectivity index is 1.51. The zero-order valence-corrected chi connectivity index (χ0v) is 19.2. The fourth-order valence-electron chi connectivity index (χ4n) is 3.59. The van der Waals surface area contributed by atoms with Gasteiger partial charge < -0.3 is 14.5 Å². The Hall–Kier alpha value is -4.20. The number of hydrogen-bond acceptors (Lipinski definition) is 6. The van der Waals surface area contributed by atoms with Crippen molar-refractivity contribution in [2.75, 3.05) is 11.9 Å². The van der Waals surface area contributed by atoms with E-state index < -0.39 is 10.8 Å². The molecular formula is C26H25N3O5. The second kappa shape index (κ2) is 9.74. The lowest BCUT2D eigenvalue weighted by atomic mass is 9.98. The molecule has 0 fully saturated rings. The third kappa shape index (κ3) is 4.76. The van der Waals surface area contributed by atoms with Crippen molar-refractivity contribution in [2.24, 2.45) is 0 Å². The molecular weight excluding hydrogens is 434 g/mol. The number of anilines is 1. The summed E-state index contributed by atoms with van der Waals surface area (Å²) in [5, 5.41) is 14.1. The van der Waals surface area contributed by atoms with Gasteiger partial charge in [-0.15, -0.1) is 0 Å². The minimum Gasteiger partial charge on any atom is -0.487 e. The molecule has 0 aliphatic carbocycles. The van der Waals surface area contributed by atoms with E-state index in [1.54, 1.807) is 31.2 Å². The van der Waals surface area contributed by atoms with Gasteiger partial charge in [-0.3, -0.25) is 14.9 Å². The van der Waals surface area contributed by atoms with Gasteiger partial charge >= 0.3 is 5.69 Å². The maximum absolute atomic E-state index is 12.6. The van der Waals surface area contributed by atoms with Gasteiger partial charge in [-0.2, -0.15) is 0 Å². The summed E-state index contributed by atoms with van der Waals surface area (Å²) in [4.78, 5) is 28.0. The van der Waals surface area contributed by atoms with Crippen LogP contribution in [0.4, 0.5) is 11.4 Å². The van der Waals surface area contributed by atoms with Crippen LogP contribution in [0.5, 0.6) is 5.75 Å². The Labute approximate surface area is 196 Å². The van der Waals surface area contributed by atoms with Gasteiger partial charge in [0, 0.05) is 22.9 Å². The van der Waals surface area contributed by atoms with Crippen LogP contribution < -0.4 is 10.1 Å². The number of carbonyl (C=O) groups excluding carboxylic acids is 1. The van der Waals surface area contributed by atoms with Crippen LogP contribution in [0.3, 0.4) is 0 Å². The Kier molecular flexibility index (Phi) is 6.58. The number of rotatable bonds is 8. The average Bonchev–Trinajstić information content (AvgIpc) is 3.27. The first-order valence-corrected chi connectivity index (χ1v) is 11.1. The monoisotopic (exact) mass is 459 g/mol. The molecule has 1 atom stereocenters. The van der Waals surface area contributed by atoms with Gasteiger partial charge in [0.15, 0.2) is 11.3 Å². The van der Waals surface area contributed by atoms with Crippen molar-refractivity contribution in [3.8, 4) is 17.2 Å². The van der Waals surface area contributed by atoms with Crippen molar-refractivity contribution < 1.29 is 18.9 Å². The topological polar surface area (TPSA) is 108 Å². The number of hydrogen-bond donors (Lipinski definition) is 1. The van der Waals surface area contributed by atoms with Crippen LogP contribution in [0, 0.1) is 10.1 Å². The number of nitrogens with zero attached hydrogens (tertiary/aromatic N) is 2. The number of nitrogens with one attached hydrogen (secondary N) is 1. The first-order chi connectivity index (χ1) is 16.4. The van der Waals surface area contributed by atoms with E-state index in [0.717, 1.165) is 23.1 Å². The second-order valence-corrected chi connectivity index (χ2v) is 7.96. The van der Waals surface area contributed by atoms with Crippen LogP contribution in [0.2, 0.25) is 0 Å². The van der Waals surface area contributed by atoms with E-state index in [1.807, 2.05) is 6.07 Å². The molecule has 174 valence electrons. The number of oxazole rings is 1. The molecule has 8 nitrogen and oxygen atoms in total. The molecule has 1 amide bonds. The Bertz CT molecular complexity index is 1340. The molecule has 8 heteroatoms. The highest BCUT2D eigenvalue weighted by Gasteiger charge is 2.19. The molecule has 0 saturated heterocycles. The predicted molar refractivity (Wildman–Crippen MR) is 130 cm³/mol. The number of nitro groups is 1. The van der Waals surface area contributed by atoms with Crippen LogP contribution in [0.15, 0.2) is 65.1 Å². The maximum atomic E-state index is 12.6. The normalized spacial score (nSPS) is 11.9. The van der Waals surface area contributed by atoms with Gasteiger partial charge in [-0.25, -0.2) is 4.98 Å². The first kappa shape index (κ1) is 23.0. The van der Waals surface area contributed by atoms with E-state index in [0.29, 0.717) is 17.5 Å². The molecule has 4 rings (SSSR count). The van der Waals surface area contributed by atoms with Crippen molar-refractivity contribution in [2.45, 2.75) is 33.1 Å². The molecule has 0 radical (unpaired) electrons. The van der Waals surface area contributed by atoms with Crippen LogP contribution in [0.25, 0.3) is 22.6 Å². The van der Waals surface area contributed by atoms with Crippen molar-refractivity contribution in [1.82, 2.24) is 4.98 Å². The van der Waals surface area contributed by atoms with Crippen LogP contribution >= 0.6 is 0 Å². The molecule has 0 bridgehead atoms. The summed E-state index contributed by atoms with van der Waals surface area (Å²) < 4.78 is 11.2. The number of aromatic nitrogens is 1. The summed E-state index contributed by atoms with van der Waals surface area (Å²) >= 11 is 0. The summed E-state index contributed by atoms with van der Waals surface area (Å²) in [7, 11) is 0. The van der Waals surface area contributed by atoms with E-state index in [2.05, 4.69) is 36.3 Å². The molecule has 0 unspecified atom stereocenters. The smallest absolute Gasteiger partial charge is 0.311 e. The summed E-state index contributed by atoms with van der Waals surface area (Å²) in [6, 6.07) is 17.3. The van der Waals surface area contributed by atoms with Crippen LogP contribution in [-0.2, 0) is 0 Å². The Morgan fingerprint density at radius 1 is 1.12 bits per heavy atom. The third-order valence-electron chi connectivity index (χ3n) is 5.70. The first-order valence-electron chi connectivity index (χ1n) is 11.1. The number of nitro benzene ring substituents is 1. The minimum atomic E-state index is -0.567. The molecule has 1 heterocycles. The zero-order chi connectivity index (χ0) is 24.2. The minimum absolute atomic E-state index is 0.128.